The number of fused-ring (bicyclic) bond motifs is 1. The second-order valence-corrected chi connectivity index (χ2v) is 9.13. The quantitative estimate of drug-likeness (QED) is 0.280. The molecule has 0 radical (unpaired) electrons. The lowest BCUT2D eigenvalue weighted by atomic mass is 10.0. The summed E-state index contributed by atoms with van der Waals surface area (Å²) in [6, 6.07) is 16.5. The van der Waals surface area contributed by atoms with Crippen molar-refractivity contribution in [2.24, 2.45) is 4.40 Å². The molecule has 1 aromatic heterocycles. The lowest BCUT2D eigenvalue weighted by molar-refractivity contribution is -0.274. The van der Waals surface area contributed by atoms with E-state index in [9.17, 15) is 31.5 Å². The van der Waals surface area contributed by atoms with Crippen LogP contribution in [0.15, 0.2) is 82.1 Å². The third kappa shape index (κ3) is 5.19. The molecule has 0 saturated heterocycles. The Bertz CT molecular complexity index is 1540. The number of Topliss-reactive ketones (excluding diaryl/α,β-unsaturated/α-hetero) is 1. The monoisotopic (exact) mass is 502 g/mol. The summed E-state index contributed by atoms with van der Waals surface area (Å²) in [5, 5.41) is 10.7. The Morgan fingerprint density at radius 1 is 1.00 bits per heavy atom. The number of nitrogens with one attached hydrogen (secondary N) is 1. The number of ether oxygens (including phenoxy) is 1. The third-order valence-corrected chi connectivity index (χ3v) is 6.29. The van der Waals surface area contributed by atoms with E-state index in [2.05, 4.69) is 14.1 Å². The van der Waals surface area contributed by atoms with E-state index in [1.54, 1.807) is 37.3 Å². The number of nitrogens with zero attached hydrogens (tertiary/aromatic N) is 1. The zero-order chi connectivity index (χ0) is 25.4. The molecule has 0 fully saturated rings. The Labute approximate surface area is 197 Å². The summed E-state index contributed by atoms with van der Waals surface area (Å²) in [5.74, 6) is -2.09. The summed E-state index contributed by atoms with van der Waals surface area (Å²) in [7, 11) is -4.40. The smallest absolute Gasteiger partial charge is 0.505 e. The molecular formula is C24H17F3N2O5S. The van der Waals surface area contributed by atoms with E-state index >= 15 is 0 Å². The van der Waals surface area contributed by atoms with Crippen LogP contribution in [-0.2, 0) is 10.0 Å². The minimum absolute atomic E-state index is 0.0875. The Morgan fingerprint density at radius 3 is 2.29 bits per heavy atom. The first-order valence-corrected chi connectivity index (χ1v) is 11.5. The molecule has 0 spiro atoms. The first-order valence-electron chi connectivity index (χ1n) is 10.1. The third-order valence-electron chi connectivity index (χ3n) is 4.99. The van der Waals surface area contributed by atoms with Crippen LogP contribution in [0, 0.1) is 6.92 Å². The number of aromatic nitrogens is 1. The van der Waals surface area contributed by atoms with Crippen LogP contribution >= 0.6 is 0 Å². The summed E-state index contributed by atoms with van der Waals surface area (Å²) >= 11 is 0. The van der Waals surface area contributed by atoms with Crippen molar-refractivity contribution in [2.75, 3.05) is 0 Å². The van der Waals surface area contributed by atoms with Crippen molar-refractivity contribution in [3.63, 3.8) is 0 Å². The number of carbonyl (C=O) groups is 1. The number of carbonyl (C=O) groups excluding carboxylic acids is 1. The molecule has 3 aromatic carbocycles. The Morgan fingerprint density at radius 2 is 1.66 bits per heavy atom. The number of aromatic hydroxyl groups is 1. The Balaban J connectivity index is 1.90. The highest BCUT2D eigenvalue weighted by Crippen LogP contribution is 2.35. The number of rotatable bonds is 6. The molecule has 0 atom stereocenters. The van der Waals surface area contributed by atoms with Gasteiger partial charge in [-0.15, -0.1) is 13.2 Å². The van der Waals surface area contributed by atoms with E-state index in [0.717, 1.165) is 17.7 Å². The summed E-state index contributed by atoms with van der Waals surface area (Å²) in [6.45, 7) is 1.77. The average Bonchev–Trinajstić information content (AvgIpc) is 3.12. The van der Waals surface area contributed by atoms with Crippen molar-refractivity contribution in [1.82, 2.24) is 4.98 Å². The fraction of sp³-hybridized carbons (Fsp3) is 0.0833. The minimum Gasteiger partial charge on any atom is -0.505 e. The van der Waals surface area contributed by atoms with Gasteiger partial charge in [0.25, 0.3) is 10.0 Å². The Hall–Kier alpha value is -4.12. The molecule has 2 N–H and O–H groups in total. The molecule has 0 saturated carbocycles. The van der Waals surface area contributed by atoms with Gasteiger partial charge in [-0.05, 0) is 37.3 Å². The zero-order valence-corrected chi connectivity index (χ0v) is 18.8. The molecule has 0 unspecified atom stereocenters. The molecule has 0 aliphatic rings. The lowest BCUT2D eigenvalue weighted by Gasteiger charge is -2.08. The van der Waals surface area contributed by atoms with Gasteiger partial charge >= 0.3 is 6.36 Å². The molecular weight excluding hydrogens is 485 g/mol. The molecule has 0 bridgehead atoms. The minimum atomic E-state index is -4.96. The maximum absolute atomic E-state index is 13.3. The highest BCUT2D eigenvalue weighted by Gasteiger charge is 2.32. The SMILES string of the molecule is Cc1ccc(S(=O)(=O)/N=C(/C(=O)c2ccccc2)c2[nH]c3ccc(OC(F)(F)F)cc3c2O)cc1. The maximum Gasteiger partial charge on any atom is 0.573 e. The molecule has 4 aromatic rings. The van der Waals surface area contributed by atoms with Gasteiger partial charge in [-0.3, -0.25) is 4.79 Å². The normalized spacial score (nSPS) is 12.6. The van der Waals surface area contributed by atoms with Crippen molar-refractivity contribution in [2.45, 2.75) is 18.2 Å². The molecule has 0 aliphatic heterocycles. The van der Waals surface area contributed by atoms with Gasteiger partial charge in [0, 0.05) is 10.9 Å². The fourth-order valence-electron chi connectivity index (χ4n) is 3.34. The highest BCUT2D eigenvalue weighted by molar-refractivity contribution is 7.90. The average molecular weight is 502 g/mol. The molecule has 35 heavy (non-hydrogen) atoms. The van der Waals surface area contributed by atoms with Gasteiger partial charge in [0.2, 0.25) is 5.78 Å². The first kappa shape index (κ1) is 24.0. The number of hydrogen-bond acceptors (Lipinski definition) is 5. The number of sulfonamides is 1. The van der Waals surface area contributed by atoms with Crippen LogP contribution in [-0.4, -0.2) is 36.4 Å². The van der Waals surface area contributed by atoms with E-state index in [-0.39, 0.29) is 27.1 Å². The van der Waals surface area contributed by atoms with Gasteiger partial charge < -0.3 is 14.8 Å². The van der Waals surface area contributed by atoms with Gasteiger partial charge in [0.1, 0.15) is 11.4 Å². The largest absolute Gasteiger partial charge is 0.573 e. The van der Waals surface area contributed by atoms with Crippen LogP contribution in [0.3, 0.4) is 0 Å². The van der Waals surface area contributed by atoms with E-state index in [1.807, 2.05) is 0 Å². The van der Waals surface area contributed by atoms with E-state index in [1.165, 1.54) is 30.3 Å². The number of benzene rings is 3. The number of alkyl halides is 3. The molecule has 180 valence electrons. The van der Waals surface area contributed by atoms with Crippen LogP contribution < -0.4 is 4.74 Å². The van der Waals surface area contributed by atoms with Crippen LogP contribution in [0.1, 0.15) is 21.6 Å². The van der Waals surface area contributed by atoms with Gasteiger partial charge in [-0.2, -0.15) is 12.8 Å². The molecule has 4 rings (SSSR count). The number of ketones is 1. The van der Waals surface area contributed by atoms with Crippen LogP contribution in [0.4, 0.5) is 13.2 Å². The molecule has 11 heteroatoms. The van der Waals surface area contributed by atoms with Gasteiger partial charge in [-0.25, -0.2) is 0 Å². The summed E-state index contributed by atoms with van der Waals surface area (Å²) < 4.78 is 71.5. The standard InChI is InChI=1S/C24H17F3N2O5S/c1-14-7-10-17(11-8-14)35(32,33)29-21(22(30)15-5-3-2-4-6-15)20-23(31)18-13-16(34-24(25,26)27)9-12-19(18)28-20/h2-13,28,31H,1H3/b29-21+. The fourth-order valence-corrected chi connectivity index (χ4v) is 4.34. The highest BCUT2D eigenvalue weighted by atomic mass is 32.2. The molecule has 0 aliphatic carbocycles. The van der Waals surface area contributed by atoms with Crippen molar-refractivity contribution in [3.8, 4) is 11.5 Å². The molecule has 1 heterocycles. The summed E-state index contributed by atoms with van der Waals surface area (Å²) in [6.07, 6.45) is -4.96. The number of hydrogen-bond donors (Lipinski definition) is 2. The van der Waals surface area contributed by atoms with Gasteiger partial charge in [0.15, 0.2) is 11.5 Å². The number of halogens is 3. The predicted octanol–water partition coefficient (Wildman–Crippen LogP) is 5.14. The van der Waals surface area contributed by atoms with Crippen LogP contribution in [0.2, 0.25) is 0 Å². The van der Waals surface area contributed by atoms with Crippen molar-refractivity contribution in [1.29, 1.82) is 0 Å². The zero-order valence-electron chi connectivity index (χ0n) is 18.0. The second kappa shape index (κ2) is 8.91. The summed E-state index contributed by atoms with van der Waals surface area (Å²) in [4.78, 5) is 15.8. The molecule has 0 amide bonds. The van der Waals surface area contributed by atoms with E-state index < -0.39 is 39.4 Å². The number of aromatic amines is 1. The van der Waals surface area contributed by atoms with Crippen LogP contribution in [0.25, 0.3) is 10.9 Å². The van der Waals surface area contributed by atoms with E-state index in [0.29, 0.717) is 0 Å². The second-order valence-electron chi connectivity index (χ2n) is 7.53. The number of H-pyrrole nitrogens is 1. The Kier molecular flexibility index (Phi) is 6.12. The van der Waals surface area contributed by atoms with E-state index in [4.69, 9.17) is 0 Å². The first-order chi connectivity index (χ1) is 16.4. The maximum atomic E-state index is 13.3. The van der Waals surface area contributed by atoms with Crippen molar-refractivity contribution >= 4 is 32.4 Å². The van der Waals surface area contributed by atoms with Crippen molar-refractivity contribution < 1.29 is 36.2 Å². The van der Waals surface area contributed by atoms with Gasteiger partial charge in [-0.1, -0.05) is 48.0 Å². The summed E-state index contributed by atoms with van der Waals surface area (Å²) in [5.41, 5.74) is 0.0222. The van der Waals surface area contributed by atoms with Crippen LogP contribution in [0.5, 0.6) is 11.5 Å². The van der Waals surface area contributed by atoms with Gasteiger partial charge in [0.05, 0.1) is 10.4 Å². The topological polar surface area (TPSA) is 109 Å². The predicted molar refractivity (Wildman–Crippen MR) is 122 cm³/mol. The molecule has 7 nitrogen and oxygen atoms in total. The van der Waals surface area contributed by atoms with Crippen molar-refractivity contribution in [3.05, 3.63) is 89.6 Å². The number of aryl methyl sites for hydroxylation is 1. The lowest BCUT2D eigenvalue weighted by Crippen LogP contribution is -2.19.